The van der Waals surface area contributed by atoms with Crippen molar-refractivity contribution in [2.45, 2.75) is 10.8 Å². The number of benzene rings is 18. The number of nitrogens with one attached hydrogen (secondary N) is 1. The van der Waals surface area contributed by atoms with E-state index in [9.17, 15) is 0 Å². The van der Waals surface area contributed by atoms with Crippen molar-refractivity contribution in [1.29, 1.82) is 0 Å². The number of alkyl halides is 1. The molecule has 0 aromatic heterocycles. The molecule has 0 fully saturated rings. The molecule has 0 atom stereocenters. The average molecular weight is 1810 g/mol. The second-order valence-corrected chi connectivity index (χ2v) is 34.2. The van der Waals surface area contributed by atoms with E-state index in [2.05, 4.69) is 479 Å². The zero-order valence-corrected chi connectivity index (χ0v) is 76.7. The van der Waals surface area contributed by atoms with Crippen LogP contribution in [0.15, 0.2) is 453 Å². The largest absolute Gasteiger partial charge is 0.356 e. The number of halogens is 2. The average Bonchev–Trinajstić information content (AvgIpc) is 1.55. The molecular formula is C107H78B20BrIN2. The second-order valence-electron chi connectivity index (χ2n) is 33.2. The van der Waals surface area contributed by atoms with E-state index >= 15 is 0 Å². The van der Waals surface area contributed by atoms with E-state index in [0.717, 1.165) is 32.9 Å². The Morgan fingerprint density at radius 2 is 0.481 bits per heavy atom. The first-order chi connectivity index (χ1) is 63.9. The minimum absolute atomic E-state index is 0.283. The minimum atomic E-state index is -0.889. The number of nitrogens with zero attached hydrogens (tertiary/aromatic N) is 1. The van der Waals surface area contributed by atoms with Crippen LogP contribution in [0.5, 0.6) is 0 Å². The van der Waals surface area contributed by atoms with E-state index in [1.165, 1.54) is 133 Å². The van der Waals surface area contributed by atoms with Gasteiger partial charge in [-0.05, 0) is 235 Å². The van der Waals surface area contributed by atoms with Gasteiger partial charge < -0.3 is 10.2 Å². The van der Waals surface area contributed by atoms with Gasteiger partial charge in [0, 0.05) is 175 Å². The SMILES string of the molecule is Brc1ccc(C2(c3ccccc3)c3ccccc3-c3ccccc32)cc1.CI.[B]B([B])B([B])B(B(B([B])[B])B([B])[B])B(B([B])[B])B([B])[B].c1ccc(-c2ccc3ccc(-c4ccc(N(c5ccccc5)c5ccc(C6(c7ccccc7)c7ccccc7-c7ccccc76)cc5)cc4)cc3c2)cc1.c1ccc(Nc2ccc(-c3ccc4ccc(-c5ccccc5)cc4c3)cc2)cc1. The highest BCUT2D eigenvalue weighted by atomic mass is 127. The molecule has 20 rings (SSSR count). The molecule has 0 unspecified atom stereocenters. The summed E-state index contributed by atoms with van der Waals surface area (Å²) in [4.78, 5) is 4.32. The molecular weight excluding hydrogens is 1740 g/mol. The van der Waals surface area contributed by atoms with Gasteiger partial charge in [-0.25, -0.2) is 0 Å². The van der Waals surface area contributed by atoms with Crippen molar-refractivity contribution in [3.8, 4) is 66.8 Å². The van der Waals surface area contributed by atoms with Gasteiger partial charge in [0.1, 0.15) is 0 Å². The van der Waals surface area contributed by atoms with E-state index in [1.807, 2.05) is 23.1 Å². The van der Waals surface area contributed by atoms with E-state index < -0.39 is 62.9 Å². The highest BCUT2D eigenvalue weighted by molar-refractivity contribution is 14.1. The number of anilines is 5. The molecule has 22 radical (unpaired) electrons. The fourth-order valence-corrected chi connectivity index (χ4v) is 19.5. The molecule has 18 aromatic rings. The van der Waals surface area contributed by atoms with Crippen LogP contribution < -0.4 is 10.2 Å². The Morgan fingerprint density at radius 1 is 0.229 bits per heavy atom. The summed E-state index contributed by atoms with van der Waals surface area (Å²) in [5.74, 6) is 0. The Labute approximate surface area is 814 Å². The van der Waals surface area contributed by atoms with Gasteiger partial charge in [-0.2, -0.15) is 0 Å². The molecule has 0 spiro atoms. The van der Waals surface area contributed by atoms with E-state index in [-0.39, 0.29) is 5.41 Å². The van der Waals surface area contributed by atoms with Crippen LogP contribution in [-0.4, -0.2) is 148 Å². The summed E-state index contributed by atoms with van der Waals surface area (Å²) >= 11 is 5.74. The molecule has 18 aromatic carbocycles. The van der Waals surface area contributed by atoms with Crippen LogP contribution in [0, 0.1) is 0 Å². The maximum absolute atomic E-state index is 6.02. The molecule has 131 heavy (non-hydrogen) atoms. The first-order valence-corrected chi connectivity index (χ1v) is 47.0. The topological polar surface area (TPSA) is 15.3 Å². The summed E-state index contributed by atoms with van der Waals surface area (Å²) in [7, 11) is 63.2. The van der Waals surface area contributed by atoms with Gasteiger partial charge in [-0.1, -0.05) is 390 Å². The van der Waals surface area contributed by atoms with E-state index in [4.69, 9.17) is 85.1 Å². The third kappa shape index (κ3) is 19.9. The lowest BCUT2D eigenvalue weighted by atomic mass is 8.39. The Balaban J connectivity index is 0.000000138. The van der Waals surface area contributed by atoms with Crippen LogP contribution in [0.4, 0.5) is 28.4 Å². The zero-order valence-electron chi connectivity index (χ0n) is 73.0. The smallest absolute Gasteiger partial charge is 0.0713 e. The van der Waals surface area contributed by atoms with Crippen LogP contribution in [-0.2, 0) is 10.8 Å². The normalized spacial score (nSPS) is 11.8. The number of para-hydroxylation sites is 2. The van der Waals surface area contributed by atoms with Crippen molar-refractivity contribution in [2.24, 2.45) is 0 Å². The van der Waals surface area contributed by atoms with Gasteiger partial charge in [-0.3, -0.25) is 0 Å². The van der Waals surface area contributed by atoms with Crippen molar-refractivity contribution >= 4 is 231 Å². The van der Waals surface area contributed by atoms with Crippen molar-refractivity contribution < 1.29 is 0 Å². The molecule has 0 heterocycles. The van der Waals surface area contributed by atoms with Crippen LogP contribution in [0.25, 0.3) is 88.3 Å². The van der Waals surface area contributed by atoms with Crippen molar-refractivity contribution in [1.82, 2.24) is 0 Å². The molecule has 590 valence electrons. The summed E-state index contributed by atoms with van der Waals surface area (Å²) < 4.78 is 1.10. The number of hydrogen-bond acceptors (Lipinski definition) is 2. The lowest BCUT2D eigenvalue weighted by molar-refractivity contribution is 0.768. The fraction of sp³-hybridized carbons (Fsp3) is 0.0280. The Hall–Kier alpha value is -11.4. The van der Waals surface area contributed by atoms with Gasteiger partial charge in [-0.15, -0.1) is 0 Å². The van der Waals surface area contributed by atoms with Crippen molar-refractivity contribution in [3.63, 3.8) is 0 Å². The summed E-state index contributed by atoms with van der Waals surface area (Å²) in [5, 5.41) is 8.44. The van der Waals surface area contributed by atoms with Crippen LogP contribution in [0.1, 0.15) is 44.5 Å². The predicted molar refractivity (Wildman–Crippen MR) is 598 cm³/mol. The maximum atomic E-state index is 6.02. The number of hydrogen-bond donors (Lipinski definition) is 1. The Morgan fingerprint density at radius 3 is 0.817 bits per heavy atom. The molecule has 2 nitrogen and oxygen atoms in total. The lowest BCUT2D eigenvalue weighted by Crippen LogP contribution is -2.80. The highest BCUT2D eigenvalue weighted by Crippen LogP contribution is 2.58. The number of rotatable bonds is 21. The Bertz CT molecular complexity index is 6700. The first-order valence-electron chi connectivity index (χ1n) is 44.1. The summed E-state index contributed by atoms with van der Waals surface area (Å²) in [6, 6.07) is 162. The molecule has 0 saturated carbocycles. The summed E-state index contributed by atoms with van der Waals surface area (Å²) in [6.07, 6.45) is -7.15. The molecule has 0 amide bonds. The molecule has 0 saturated heterocycles. The Kier molecular flexibility index (Phi) is 30.4. The molecule has 2 aliphatic rings. The second kappa shape index (κ2) is 42.9. The third-order valence-corrected chi connectivity index (χ3v) is 25.9. The maximum Gasteiger partial charge on any atom is 0.0713 e. The number of fused-ring (bicyclic) bond motifs is 8. The van der Waals surface area contributed by atoms with Gasteiger partial charge in [0.25, 0.3) is 0 Å². The van der Waals surface area contributed by atoms with Crippen LogP contribution >= 0.6 is 38.5 Å². The predicted octanol–water partition coefficient (Wildman–Crippen LogP) is 22.2. The van der Waals surface area contributed by atoms with Crippen molar-refractivity contribution in [3.05, 3.63) is 498 Å². The third-order valence-electron chi connectivity index (χ3n) is 25.4. The van der Waals surface area contributed by atoms with Crippen LogP contribution in [0.3, 0.4) is 0 Å². The van der Waals surface area contributed by atoms with Gasteiger partial charge in [0.2, 0.25) is 0 Å². The first kappa shape index (κ1) is 92.8. The van der Waals surface area contributed by atoms with Crippen molar-refractivity contribution in [2.75, 3.05) is 15.1 Å². The zero-order chi connectivity index (χ0) is 91.1. The van der Waals surface area contributed by atoms with Gasteiger partial charge >= 0.3 is 0 Å². The molecule has 1 N–H and O–H groups in total. The highest BCUT2D eigenvalue weighted by Gasteiger charge is 2.48. The molecule has 24 heteroatoms. The quantitative estimate of drug-likeness (QED) is 0.0438. The molecule has 0 bridgehead atoms. The summed E-state index contributed by atoms with van der Waals surface area (Å²) in [6.45, 7) is 0. The fourth-order valence-electron chi connectivity index (χ4n) is 19.3. The standard InChI is InChI=1S/C53H37N.C28H21N.C25H17Br.CH3I.B20/c1-4-14-38(15-5-1)41-26-24-40-25-27-42(37-43(40)36-41)39-28-32-47(33-29-39)54(46-18-8-3-9-19-46)48-34-30-45(31-35-48)53(44-16-6-2-7-17-44)51-22-12-10-20-49(51)50-21-11-13-23-52(50)53;1-3-7-21(8-4-1)24-13-11-23-12-14-25(20-26(23)19-24)22-15-17-28(18-16-22)29-27-9-5-2-6-10-27;26-20-16-14-19(15-17-20)25(18-8-2-1-3-9-18)23-12-6-4-10-21(23)22-11-5-7-13-24(22)25;1-2;1-12(2)17(11)20(18(13(3)4)14(5)6)19(15(7)8)16(9)10/h1-37H;1-20,29H;1-17H;1H3;. The van der Waals surface area contributed by atoms with E-state index in [0.29, 0.717) is 0 Å². The lowest BCUT2D eigenvalue weighted by Gasteiger charge is -2.42. The minimum Gasteiger partial charge on any atom is -0.356 e. The monoisotopic (exact) mass is 1820 g/mol. The summed E-state index contributed by atoms with van der Waals surface area (Å²) in [5.41, 5.74) is 30.4. The van der Waals surface area contributed by atoms with Crippen LogP contribution in [0.2, 0.25) is 0 Å². The molecule has 2 aliphatic carbocycles. The van der Waals surface area contributed by atoms with Gasteiger partial charge in [0.05, 0.1) is 10.8 Å². The molecule has 0 aliphatic heterocycles. The van der Waals surface area contributed by atoms with E-state index in [1.54, 1.807) is 0 Å². The van der Waals surface area contributed by atoms with Gasteiger partial charge in [0.15, 0.2) is 0 Å².